The molecule has 2 heteroatoms. The van der Waals surface area contributed by atoms with Crippen LogP contribution in [-0.2, 0) is 5.54 Å². The van der Waals surface area contributed by atoms with Crippen LogP contribution in [0.25, 0.3) is 0 Å². The molecule has 1 aromatic rings. The Morgan fingerprint density at radius 3 is 2.46 bits per heavy atom. The van der Waals surface area contributed by atoms with Gasteiger partial charge in [0.25, 0.3) is 0 Å². The summed E-state index contributed by atoms with van der Waals surface area (Å²) in [7, 11) is 1.99. The van der Waals surface area contributed by atoms with E-state index >= 15 is 0 Å². The van der Waals surface area contributed by atoms with Gasteiger partial charge in [0.1, 0.15) is 0 Å². The highest BCUT2D eigenvalue weighted by Crippen LogP contribution is 2.21. The van der Waals surface area contributed by atoms with Crippen molar-refractivity contribution in [3.05, 3.63) is 24.0 Å². The van der Waals surface area contributed by atoms with E-state index in [1.807, 2.05) is 7.05 Å². The standard InChI is InChI=1S/C11H20N2/c1-9(12-5)10-7-6-8-13(10)11(2,3)4/h6-9,12H,1-5H3/t9-/m1/s1. The Kier molecular flexibility index (Phi) is 2.81. The van der Waals surface area contributed by atoms with Crippen LogP contribution in [-0.4, -0.2) is 11.6 Å². The maximum absolute atomic E-state index is 3.26. The van der Waals surface area contributed by atoms with E-state index in [0.717, 1.165) is 0 Å². The molecule has 0 spiro atoms. The van der Waals surface area contributed by atoms with Crippen molar-refractivity contribution in [1.82, 2.24) is 9.88 Å². The smallest absolute Gasteiger partial charge is 0.0443 e. The molecule has 0 radical (unpaired) electrons. The summed E-state index contributed by atoms with van der Waals surface area (Å²) in [5, 5.41) is 3.26. The van der Waals surface area contributed by atoms with Crippen LogP contribution in [0.4, 0.5) is 0 Å². The van der Waals surface area contributed by atoms with Gasteiger partial charge in [0, 0.05) is 23.5 Å². The summed E-state index contributed by atoms with van der Waals surface area (Å²) in [6, 6.07) is 4.69. The lowest BCUT2D eigenvalue weighted by Crippen LogP contribution is -2.26. The van der Waals surface area contributed by atoms with Gasteiger partial charge in [0.2, 0.25) is 0 Å². The summed E-state index contributed by atoms with van der Waals surface area (Å²) in [4.78, 5) is 0. The van der Waals surface area contributed by atoms with E-state index in [4.69, 9.17) is 0 Å². The number of aromatic nitrogens is 1. The third-order valence-electron chi connectivity index (χ3n) is 2.38. The second-order valence-electron chi connectivity index (χ2n) is 4.48. The van der Waals surface area contributed by atoms with Crippen molar-refractivity contribution in [3.8, 4) is 0 Å². The van der Waals surface area contributed by atoms with Gasteiger partial charge in [-0.15, -0.1) is 0 Å². The fourth-order valence-corrected chi connectivity index (χ4v) is 1.51. The third-order valence-corrected chi connectivity index (χ3v) is 2.38. The molecule has 1 N–H and O–H groups in total. The molecule has 0 aliphatic carbocycles. The van der Waals surface area contributed by atoms with Crippen LogP contribution in [0.1, 0.15) is 39.4 Å². The van der Waals surface area contributed by atoms with Crippen LogP contribution >= 0.6 is 0 Å². The first-order chi connectivity index (χ1) is 5.96. The molecule has 0 aliphatic heterocycles. The van der Waals surface area contributed by atoms with Gasteiger partial charge in [0.15, 0.2) is 0 Å². The second-order valence-corrected chi connectivity index (χ2v) is 4.48. The van der Waals surface area contributed by atoms with Crippen molar-refractivity contribution in [2.75, 3.05) is 7.05 Å². The third kappa shape index (κ3) is 2.13. The monoisotopic (exact) mass is 180 g/mol. The second kappa shape index (κ2) is 3.54. The molecule has 13 heavy (non-hydrogen) atoms. The summed E-state index contributed by atoms with van der Waals surface area (Å²) in [5.74, 6) is 0. The summed E-state index contributed by atoms with van der Waals surface area (Å²) in [6.07, 6.45) is 2.14. The van der Waals surface area contributed by atoms with Crippen LogP contribution in [0, 0.1) is 0 Å². The van der Waals surface area contributed by atoms with Crippen molar-refractivity contribution in [2.45, 2.75) is 39.3 Å². The van der Waals surface area contributed by atoms with E-state index in [-0.39, 0.29) is 5.54 Å². The van der Waals surface area contributed by atoms with E-state index < -0.39 is 0 Å². The average Bonchev–Trinajstić information content (AvgIpc) is 2.49. The Hall–Kier alpha value is -0.760. The minimum Gasteiger partial charge on any atom is -0.345 e. The molecule has 0 amide bonds. The van der Waals surface area contributed by atoms with Crippen LogP contribution < -0.4 is 5.32 Å². The van der Waals surface area contributed by atoms with Gasteiger partial charge in [-0.05, 0) is 46.9 Å². The Morgan fingerprint density at radius 2 is 2.00 bits per heavy atom. The fraction of sp³-hybridized carbons (Fsp3) is 0.636. The summed E-state index contributed by atoms with van der Waals surface area (Å²) >= 11 is 0. The Balaban J connectivity index is 3.03. The van der Waals surface area contributed by atoms with Gasteiger partial charge in [-0.25, -0.2) is 0 Å². The van der Waals surface area contributed by atoms with Gasteiger partial charge in [-0.2, -0.15) is 0 Å². The molecule has 0 bridgehead atoms. The molecule has 1 atom stereocenters. The Bertz CT molecular complexity index is 268. The molecule has 0 aliphatic rings. The summed E-state index contributed by atoms with van der Waals surface area (Å²) < 4.78 is 2.31. The number of nitrogens with zero attached hydrogens (tertiary/aromatic N) is 1. The highest BCUT2D eigenvalue weighted by molar-refractivity contribution is 5.13. The van der Waals surface area contributed by atoms with Crippen molar-refractivity contribution < 1.29 is 0 Å². The molecule has 0 aromatic carbocycles. The lowest BCUT2D eigenvalue weighted by Gasteiger charge is -2.26. The number of hydrogen-bond donors (Lipinski definition) is 1. The van der Waals surface area contributed by atoms with Crippen LogP contribution in [0.2, 0.25) is 0 Å². The van der Waals surface area contributed by atoms with E-state index in [9.17, 15) is 0 Å². The molecule has 0 fully saturated rings. The quantitative estimate of drug-likeness (QED) is 0.740. The van der Waals surface area contributed by atoms with Gasteiger partial charge in [-0.3, -0.25) is 0 Å². The van der Waals surface area contributed by atoms with E-state index in [1.165, 1.54) is 5.69 Å². The lowest BCUT2D eigenvalue weighted by molar-refractivity contribution is 0.373. The zero-order valence-electron chi connectivity index (χ0n) is 9.26. The fourth-order valence-electron chi connectivity index (χ4n) is 1.51. The SMILES string of the molecule is CN[C@H](C)c1cccn1C(C)(C)C. The Morgan fingerprint density at radius 1 is 1.38 bits per heavy atom. The predicted octanol–water partition coefficient (Wildman–Crippen LogP) is 2.52. The topological polar surface area (TPSA) is 17.0 Å². The van der Waals surface area contributed by atoms with Crippen LogP contribution in [0.5, 0.6) is 0 Å². The number of hydrogen-bond acceptors (Lipinski definition) is 1. The lowest BCUT2D eigenvalue weighted by atomic mass is 10.1. The van der Waals surface area contributed by atoms with Crippen molar-refractivity contribution in [1.29, 1.82) is 0 Å². The highest BCUT2D eigenvalue weighted by Gasteiger charge is 2.17. The molecule has 1 rings (SSSR count). The minimum absolute atomic E-state index is 0.171. The normalized spacial score (nSPS) is 14.5. The van der Waals surface area contributed by atoms with Gasteiger partial charge in [-0.1, -0.05) is 0 Å². The zero-order chi connectivity index (χ0) is 10.1. The Labute approximate surface area is 81.0 Å². The van der Waals surface area contributed by atoms with E-state index in [1.54, 1.807) is 0 Å². The molecule has 0 saturated carbocycles. The van der Waals surface area contributed by atoms with Gasteiger partial charge < -0.3 is 9.88 Å². The summed E-state index contributed by atoms with van der Waals surface area (Å²) in [5.41, 5.74) is 1.51. The molecule has 0 unspecified atom stereocenters. The van der Waals surface area contributed by atoms with Crippen molar-refractivity contribution in [2.24, 2.45) is 0 Å². The molecular formula is C11H20N2. The van der Waals surface area contributed by atoms with Gasteiger partial charge >= 0.3 is 0 Å². The largest absolute Gasteiger partial charge is 0.345 e. The summed E-state index contributed by atoms with van der Waals surface area (Å²) in [6.45, 7) is 8.84. The maximum Gasteiger partial charge on any atom is 0.0443 e. The zero-order valence-corrected chi connectivity index (χ0v) is 9.26. The average molecular weight is 180 g/mol. The van der Waals surface area contributed by atoms with Crippen LogP contribution in [0.15, 0.2) is 18.3 Å². The minimum atomic E-state index is 0.171. The first-order valence-corrected chi connectivity index (χ1v) is 4.82. The van der Waals surface area contributed by atoms with E-state index in [0.29, 0.717) is 6.04 Å². The van der Waals surface area contributed by atoms with Gasteiger partial charge in [0.05, 0.1) is 0 Å². The first kappa shape index (κ1) is 10.3. The number of nitrogens with one attached hydrogen (secondary N) is 1. The molecule has 1 heterocycles. The molecule has 2 nitrogen and oxygen atoms in total. The first-order valence-electron chi connectivity index (χ1n) is 4.82. The predicted molar refractivity (Wildman–Crippen MR) is 56.9 cm³/mol. The highest BCUT2D eigenvalue weighted by atomic mass is 15.1. The number of rotatable bonds is 2. The molecule has 1 aromatic heterocycles. The molecule has 74 valence electrons. The molecule has 0 saturated heterocycles. The molecular weight excluding hydrogens is 160 g/mol. The maximum atomic E-state index is 3.26. The van der Waals surface area contributed by atoms with Crippen LogP contribution in [0.3, 0.4) is 0 Å². The van der Waals surface area contributed by atoms with Crippen molar-refractivity contribution >= 4 is 0 Å². The van der Waals surface area contributed by atoms with Crippen molar-refractivity contribution in [3.63, 3.8) is 0 Å². The van der Waals surface area contributed by atoms with E-state index in [2.05, 4.69) is 55.9 Å².